The van der Waals surface area contributed by atoms with E-state index in [-0.39, 0.29) is 23.3 Å². The maximum absolute atomic E-state index is 13.1. The third kappa shape index (κ3) is 4.92. The van der Waals surface area contributed by atoms with Crippen molar-refractivity contribution < 1.29 is 9.59 Å². The number of hydrogen-bond acceptors (Lipinski definition) is 10. The summed E-state index contributed by atoms with van der Waals surface area (Å²) in [6.45, 7) is 4.03. The number of rotatable bonds is 6. The van der Waals surface area contributed by atoms with Crippen LogP contribution in [0.25, 0.3) is 0 Å². The summed E-state index contributed by atoms with van der Waals surface area (Å²) in [7, 11) is 0. The first-order valence-electron chi connectivity index (χ1n) is 11.7. The third-order valence-electron chi connectivity index (χ3n) is 6.45. The van der Waals surface area contributed by atoms with Gasteiger partial charge in [0.1, 0.15) is 5.82 Å². The minimum Gasteiger partial charge on any atom is -0.384 e. The molecule has 3 aromatic rings. The van der Waals surface area contributed by atoms with Crippen molar-refractivity contribution in [2.45, 2.75) is 43.4 Å². The molecule has 2 aliphatic rings. The fourth-order valence-corrected chi connectivity index (χ4v) is 7.06. The molecule has 1 aromatic carbocycles. The number of amides is 1. The Hall–Kier alpha value is -3.46. The van der Waals surface area contributed by atoms with Gasteiger partial charge in [-0.05, 0) is 61.4 Å². The average Bonchev–Trinajstić information content (AvgIpc) is 3.57. The number of aromatic nitrogens is 2. The Bertz CT molecular complexity index is 1480. The van der Waals surface area contributed by atoms with E-state index in [2.05, 4.69) is 21.6 Å². The highest BCUT2D eigenvalue weighted by Crippen LogP contribution is 2.47. The van der Waals surface area contributed by atoms with E-state index in [0.717, 1.165) is 21.8 Å². The van der Waals surface area contributed by atoms with Gasteiger partial charge in [-0.3, -0.25) is 14.5 Å². The highest BCUT2D eigenvalue weighted by atomic mass is 32.2. The maximum Gasteiger partial charge on any atom is 0.234 e. The highest BCUT2D eigenvalue weighted by Gasteiger charge is 2.41. The van der Waals surface area contributed by atoms with Crippen molar-refractivity contribution in [1.29, 1.82) is 5.26 Å². The number of benzene rings is 1. The Balaban J connectivity index is 1.38. The van der Waals surface area contributed by atoms with Crippen molar-refractivity contribution in [1.82, 2.24) is 10.2 Å². The molecule has 3 heterocycles. The normalized spacial score (nSPS) is 17.6. The molecule has 37 heavy (non-hydrogen) atoms. The van der Waals surface area contributed by atoms with Crippen molar-refractivity contribution in [3.05, 3.63) is 74.4 Å². The number of nitriles is 1. The van der Waals surface area contributed by atoms with Crippen molar-refractivity contribution in [2.24, 2.45) is 5.73 Å². The molecule has 0 saturated carbocycles. The van der Waals surface area contributed by atoms with Crippen LogP contribution in [-0.4, -0.2) is 27.6 Å². The van der Waals surface area contributed by atoms with Crippen LogP contribution in [0.4, 0.5) is 10.8 Å². The maximum atomic E-state index is 13.1. The van der Waals surface area contributed by atoms with Crippen LogP contribution in [0, 0.1) is 25.2 Å². The van der Waals surface area contributed by atoms with E-state index in [1.54, 1.807) is 4.90 Å². The first kappa shape index (κ1) is 25.2. The van der Waals surface area contributed by atoms with Gasteiger partial charge in [0.05, 0.1) is 23.3 Å². The zero-order valence-electron chi connectivity index (χ0n) is 20.3. The molecule has 1 aliphatic carbocycles. The number of nitrogens with two attached hydrogens (primary N) is 1. The molecule has 0 saturated heterocycles. The zero-order chi connectivity index (χ0) is 26.1. The van der Waals surface area contributed by atoms with Gasteiger partial charge < -0.3 is 11.1 Å². The zero-order valence-corrected chi connectivity index (χ0v) is 22.7. The number of carbonyl (C=O) groups excluding carboxylic acids is 2. The molecule has 188 valence electrons. The SMILES string of the molecule is Cc1ccc(NC(=O)CSc2nnc(N3C(N)=C(C#N)C(c4cccs4)C4=C3CCCC4=O)s2)cc1C. The molecule has 1 aliphatic heterocycles. The molecule has 5 rings (SSSR count). The van der Waals surface area contributed by atoms with E-state index in [9.17, 15) is 14.9 Å². The van der Waals surface area contributed by atoms with E-state index >= 15 is 0 Å². The summed E-state index contributed by atoms with van der Waals surface area (Å²) in [5.74, 6) is -0.124. The summed E-state index contributed by atoms with van der Waals surface area (Å²) in [4.78, 5) is 28.3. The number of thiophene rings is 1. The van der Waals surface area contributed by atoms with E-state index in [0.29, 0.717) is 39.9 Å². The number of nitrogens with zero attached hydrogens (tertiary/aromatic N) is 4. The van der Waals surface area contributed by atoms with Crippen molar-refractivity contribution >= 4 is 56.9 Å². The summed E-state index contributed by atoms with van der Waals surface area (Å²) in [6, 6.07) is 11.9. The second-order valence-corrected chi connectivity index (χ2v) is 12.0. The molecule has 11 heteroatoms. The summed E-state index contributed by atoms with van der Waals surface area (Å²) in [5, 5.41) is 23.9. The van der Waals surface area contributed by atoms with E-state index in [1.807, 2.05) is 49.6 Å². The number of ketones is 1. The van der Waals surface area contributed by atoms with Crippen LogP contribution in [-0.2, 0) is 9.59 Å². The van der Waals surface area contributed by atoms with Crippen LogP contribution in [0.5, 0.6) is 0 Å². The lowest BCUT2D eigenvalue weighted by atomic mass is 9.78. The van der Waals surface area contributed by atoms with Gasteiger partial charge in [0.2, 0.25) is 11.0 Å². The average molecular weight is 549 g/mol. The lowest BCUT2D eigenvalue weighted by Crippen LogP contribution is -2.38. The number of allylic oxidation sites excluding steroid dienone is 3. The number of anilines is 2. The Morgan fingerprint density at radius 2 is 2.11 bits per heavy atom. The molecule has 0 bridgehead atoms. The van der Waals surface area contributed by atoms with E-state index < -0.39 is 5.92 Å². The number of aryl methyl sites for hydroxylation is 2. The second kappa shape index (κ2) is 10.5. The number of carbonyl (C=O) groups is 2. The van der Waals surface area contributed by atoms with Gasteiger partial charge in [0.25, 0.3) is 0 Å². The molecule has 1 atom stereocenters. The number of thioether (sulfide) groups is 1. The summed E-state index contributed by atoms with van der Waals surface area (Å²) in [5.41, 5.74) is 11.3. The van der Waals surface area contributed by atoms with Crippen molar-refractivity contribution in [3.8, 4) is 6.07 Å². The molecule has 2 aromatic heterocycles. The second-order valence-electron chi connectivity index (χ2n) is 8.82. The number of Topliss-reactive ketones (excluding diaryl/α,β-unsaturated/α-hetero) is 1. The van der Waals surface area contributed by atoms with Crippen LogP contribution in [0.15, 0.2) is 62.7 Å². The van der Waals surface area contributed by atoms with Crippen LogP contribution in [0.2, 0.25) is 0 Å². The highest BCUT2D eigenvalue weighted by molar-refractivity contribution is 8.01. The van der Waals surface area contributed by atoms with Gasteiger partial charge in [0, 0.05) is 28.3 Å². The smallest absolute Gasteiger partial charge is 0.234 e. The number of hydrogen-bond donors (Lipinski definition) is 2. The van der Waals surface area contributed by atoms with Gasteiger partial charge in [-0.25, -0.2) is 0 Å². The molecule has 0 spiro atoms. The minimum absolute atomic E-state index is 0.0343. The van der Waals surface area contributed by atoms with Gasteiger partial charge in [-0.1, -0.05) is 35.2 Å². The molecular weight excluding hydrogens is 525 g/mol. The molecule has 0 fully saturated rings. The Morgan fingerprint density at radius 3 is 2.84 bits per heavy atom. The van der Waals surface area contributed by atoms with Gasteiger partial charge in [-0.15, -0.1) is 21.5 Å². The molecule has 1 unspecified atom stereocenters. The summed E-state index contributed by atoms with van der Waals surface area (Å²) < 4.78 is 0.598. The Labute approximate surface area is 226 Å². The number of nitrogens with one attached hydrogen (secondary N) is 1. The van der Waals surface area contributed by atoms with Crippen LogP contribution < -0.4 is 16.0 Å². The lowest BCUT2D eigenvalue weighted by Gasteiger charge is -2.37. The Kier molecular flexibility index (Phi) is 7.15. The van der Waals surface area contributed by atoms with Crippen molar-refractivity contribution in [2.75, 3.05) is 16.0 Å². The van der Waals surface area contributed by atoms with Crippen LogP contribution >= 0.6 is 34.4 Å². The van der Waals surface area contributed by atoms with Crippen LogP contribution in [0.1, 0.15) is 41.2 Å². The van der Waals surface area contributed by atoms with Crippen molar-refractivity contribution in [3.63, 3.8) is 0 Å². The molecular formula is C26H24N6O2S3. The lowest BCUT2D eigenvalue weighted by molar-refractivity contribution is -0.116. The predicted molar refractivity (Wildman–Crippen MR) is 147 cm³/mol. The third-order valence-corrected chi connectivity index (χ3v) is 9.42. The standard InChI is InChI=1S/C26H24N6O2S3/c1-14-8-9-16(11-15(14)2)29-21(34)13-36-26-31-30-25(37-26)32-18-5-3-6-19(33)23(18)22(17(12-27)24(32)28)20-7-4-10-35-20/h4,7-11,22H,3,5-6,13,28H2,1-2H3,(H,29,34). The first-order chi connectivity index (χ1) is 17.9. The fourth-order valence-electron chi connectivity index (χ4n) is 4.54. The molecule has 0 radical (unpaired) electrons. The first-order valence-corrected chi connectivity index (χ1v) is 14.4. The molecule has 1 amide bonds. The van der Waals surface area contributed by atoms with Gasteiger partial charge in [0.15, 0.2) is 10.1 Å². The summed E-state index contributed by atoms with van der Waals surface area (Å²) >= 11 is 4.07. The van der Waals surface area contributed by atoms with Gasteiger partial charge in [-0.2, -0.15) is 5.26 Å². The quantitative estimate of drug-likeness (QED) is 0.400. The van der Waals surface area contributed by atoms with Crippen LogP contribution in [0.3, 0.4) is 0 Å². The minimum atomic E-state index is -0.458. The Morgan fingerprint density at radius 1 is 1.27 bits per heavy atom. The largest absolute Gasteiger partial charge is 0.384 e. The van der Waals surface area contributed by atoms with E-state index in [1.165, 1.54) is 40.0 Å². The van der Waals surface area contributed by atoms with E-state index in [4.69, 9.17) is 5.73 Å². The summed E-state index contributed by atoms with van der Waals surface area (Å²) in [6.07, 6.45) is 1.81. The fraction of sp³-hybridized carbons (Fsp3) is 0.269. The molecule has 8 nitrogen and oxygen atoms in total. The van der Waals surface area contributed by atoms with Gasteiger partial charge >= 0.3 is 0 Å². The topological polar surface area (TPSA) is 125 Å². The monoisotopic (exact) mass is 548 g/mol. The predicted octanol–water partition coefficient (Wildman–Crippen LogP) is 5.25. The molecule has 3 N–H and O–H groups in total.